The molecule has 1 unspecified atom stereocenters. The molecule has 0 amide bonds. The van der Waals surface area contributed by atoms with Crippen LogP contribution in [0.1, 0.15) is 43.9 Å². The summed E-state index contributed by atoms with van der Waals surface area (Å²) in [6, 6.07) is 6.96. The van der Waals surface area contributed by atoms with Crippen molar-refractivity contribution in [3.8, 4) is 0 Å². The van der Waals surface area contributed by atoms with E-state index in [-0.39, 0.29) is 24.0 Å². The minimum Gasteiger partial charge on any atom is -0.357 e. The molecular formula is C16H28IN3. The topological polar surface area (TPSA) is 36.4 Å². The Hall–Kier alpha value is -0.780. The van der Waals surface area contributed by atoms with Crippen LogP contribution in [0.2, 0.25) is 0 Å². The second-order valence-corrected chi connectivity index (χ2v) is 5.08. The first-order valence-corrected chi connectivity index (χ1v) is 7.17. The average molecular weight is 389 g/mol. The molecule has 0 aromatic heterocycles. The van der Waals surface area contributed by atoms with E-state index in [1.807, 2.05) is 0 Å². The van der Waals surface area contributed by atoms with E-state index >= 15 is 0 Å². The Morgan fingerprint density at radius 1 is 1.25 bits per heavy atom. The molecule has 0 spiro atoms. The Balaban J connectivity index is 0.00000361. The number of halogens is 1. The van der Waals surface area contributed by atoms with E-state index in [0.717, 1.165) is 25.5 Å². The van der Waals surface area contributed by atoms with Crippen molar-refractivity contribution in [1.29, 1.82) is 0 Å². The highest BCUT2D eigenvalue weighted by atomic mass is 127. The fourth-order valence-electron chi connectivity index (χ4n) is 1.84. The highest BCUT2D eigenvalue weighted by molar-refractivity contribution is 14.0. The number of hydrogen-bond donors (Lipinski definition) is 2. The molecule has 2 N–H and O–H groups in total. The summed E-state index contributed by atoms with van der Waals surface area (Å²) in [6.45, 7) is 12.3. The largest absolute Gasteiger partial charge is 0.357 e. The number of benzene rings is 1. The quantitative estimate of drug-likeness (QED) is 0.457. The first-order valence-electron chi connectivity index (χ1n) is 7.17. The SMILES string of the molecule is CCNC(=NCc1ccc(C)cc1C)NC(C)CC.I. The molecule has 0 radical (unpaired) electrons. The van der Waals surface area contributed by atoms with Crippen LogP contribution in [-0.2, 0) is 6.54 Å². The van der Waals surface area contributed by atoms with Crippen LogP contribution in [-0.4, -0.2) is 18.5 Å². The highest BCUT2D eigenvalue weighted by Gasteiger charge is 2.03. The van der Waals surface area contributed by atoms with E-state index in [0.29, 0.717) is 6.04 Å². The molecule has 0 saturated carbocycles. The van der Waals surface area contributed by atoms with Crippen LogP contribution in [0.5, 0.6) is 0 Å². The summed E-state index contributed by atoms with van der Waals surface area (Å²) in [5.74, 6) is 0.900. The Bertz CT molecular complexity index is 430. The fraction of sp³-hybridized carbons (Fsp3) is 0.562. The smallest absolute Gasteiger partial charge is 0.191 e. The molecule has 1 aromatic rings. The zero-order valence-corrected chi connectivity index (χ0v) is 15.6. The van der Waals surface area contributed by atoms with Gasteiger partial charge in [0.15, 0.2) is 5.96 Å². The van der Waals surface area contributed by atoms with Crippen molar-refractivity contribution in [2.45, 2.75) is 53.6 Å². The normalized spacial score (nSPS) is 12.6. The lowest BCUT2D eigenvalue weighted by Crippen LogP contribution is -2.41. The Morgan fingerprint density at radius 2 is 1.95 bits per heavy atom. The molecule has 0 heterocycles. The minimum atomic E-state index is 0. The van der Waals surface area contributed by atoms with Crippen molar-refractivity contribution in [1.82, 2.24) is 10.6 Å². The van der Waals surface area contributed by atoms with Crippen LogP contribution in [0, 0.1) is 13.8 Å². The van der Waals surface area contributed by atoms with Crippen LogP contribution in [0.25, 0.3) is 0 Å². The maximum atomic E-state index is 4.66. The average Bonchev–Trinajstić information content (AvgIpc) is 2.37. The van der Waals surface area contributed by atoms with Gasteiger partial charge in [0.2, 0.25) is 0 Å². The number of aliphatic imine (C=N–C) groups is 1. The lowest BCUT2D eigenvalue weighted by molar-refractivity contribution is 0.624. The van der Waals surface area contributed by atoms with Gasteiger partial charge in [0.05, 0.1) is 6.54 Å². The third-order valence-electron chi connectivity index (χ3n) is 3.25. The summed E-state index contributed by atoms with van der Waals surface area (Å²) in [5, 5.41) is 6.70. The van der Waals surface area contributed by atoms with Crippen LogP contribution >= 0.6 is 24.0 Å². The van der Waals surface area contributed by atoms with Crippen LogP contribution in [0.4, 0.5) is 0 Å². The first kappa shape index (κ1) is 19.2. The van der Waals surface area contributed by atoms with Crippen molar-refractivity contribution in [3.05, 3.63) is 34.9 Å². The Kier molecular flexibility index (Phi) is 9.63. The molecule has 3 nitrogen and oxygen atoms in total. The number of aryl methyl sites for hydroxylation is 2. The second-order valence-electron chi connectivity index (χ2n) is 5.08. The van der Waals surface area contributed by atoms with Gasteiger partial charge in [0.1, 0.15) is 0 Å². The number of rotatable bonds is 5. The van der Waals surface area contributed by atoms with Crippen molar-refractivity contribution < 1.29 is 0 Å². The van der Waals surface area contributed by atoms with E-state index in [4.69, 9.17) is 0 Å². The third kappa shape index (κ3) is 6.59. The fourth-order valence-corrected chi connectivity index (χ4v) is 1.84. The number of nitrogens with one attached hydrogen (secondary N) is 2. The van der Waals surface area contributed by atoms with Crippen molar-refractivity contribution in [2.24, 2.45) is 4.99 Å². The van der Waals surface area contributed by atoms with Crippen LogP contribution in [0.15, 0.2) is 23.2 Å². The molecule has 1 rings (SSSR count). The maximum absolute atomic E-state index is 4.66. The van der Waals surface area contributed by atoms with E-state index in [9.17, 15) is 0 Å². The molecule has 114 valence electrons. The molecule has 0 bridgehead atoms. The third-order valence-corrected chi connectivity index (χ3v) is 3.25. The molecule has 0 aliphatic carbocycles. The summed E-state index contributed by atoms with van der Waals surface area (Å²) in [5.41, 5.74) is 3.89. The first-order chi connectivity index (χ1) is 9.06. The molecule has 4 heteroatoms. The summed E-state index contributed by atoms with van der Waals surface area (Å²) in [4.78, 5) is 4.66. The van der Waals surface area contributed by atoms with Crippen LogP contribution < -0.4 is 10.6 Å². The molecule has 0 aliphatic rings. The molecule has 1 atom stereocenters. The van der Waals surface area contributed by atoms with Crippen molar-refractivity contribution in [2.75, 3.05) is 6.54 Å². The van der Waals surface area contributed by atoms with Gasteiger partial charge in [-0.2, -0.15) is 0 Å². The molecular weight excluding hydrogens is 361 g/mol. The number of hydrogen-bond acceptors (Lipinski definition) is 1. The minimum absolute atomic E-state index is 0. The molecule has 20 heavy (non-hydrogen) atoms. The van der Waals surface area contributed by atoms with Gasteiger partial charge in [0.25, 0.3) is 0 Å². The predicted molar refractivity (Wildman–Crippen MR) is 99.0 cm³/mol. The van der Waals surface area contributed by atoms with Gasteiger partial charge in [-0.15, -0.1) is 24.0 Å². The van der Waals surface area contributed by atoms with Crippen LogP contribution in [0.3, 0.4) is 0 Å². The summed E-state index contributed by atoms with van der Waals surface area (Å²) in [7, 11) is 0. The Morgan fingerprint density at radius 3 is 2.50 bits per heavy atom. The van der Waals surface area contributed by atoms with Gasteiger partial charge in [-0.05, 0) is 45.2 Å². The number of nitrogens with zero attached hydrogens (tertiary/aromatic N) is 1. The van der Waals surface area contributed by atoms with Gasteiger partial charge in [-0.3, -0.25) is 0 Å². The molecule has 1 aromatic carbocycles. The standard InChI is InChI=1S/C16H27N3.HI/c1-6-14(5)19-16(17-7-2)18-11-15-9-8-12(3)10-13(15)4;/h8-10,14H,6-7,11H2,1-5H3,(H2,17,18,19);1H. The van der Waals surface area contributed by atoms with Gasteiger partial charge in [-0.25, -0.2) is 4.99 Å². The summed E-state index contributed by atoms with van der Waals surface area (Å²) < 4.78 is 0. The summed E-state index contributed by atoms with van der Waals surface area (Å²) in [6.07, 6.45) is 1.09. The van der Waals surface area contributed by atoms with Gasteiger partial charge < -0.3 is 10.6 Å². The van der Waals surface area contributed by atoms with E-state index in [1.54, 1.807) is 0 Å². The molecule has 0 saturated heterocycles. The zero-order chi connectivity index (χ0) is 14.3. The molecule has 0 fully saturated rings. The summed E-state index contributed by atoms with van der Waals surface area (Å²) >= 11 is 0. The second kappa shape index (κ2) is 10.0. The monoisotopic (exact) mass is 389 g/mol. The van der Waals surface area contributed by atoms with Crippen molar-refractivity contribution >= 4 is 29.9 Å². The number of guanidine groups is 1. The van der Waals surface area contributed by atoms with E-state index < -0.39 is 0 Å². The van der Waals surface area contributed by atoms with Gasteiger partial charge >= 0.3 is 0 Å². The lowest BCUT2D eigenvalue weighted by Gasteiger charge is -2.16. The van der Waals surface area contributed by atoms with E-state index in [1.165, 1.54) is 16.7 Å². The predicted octanol–water partition coefficient (Wildman–Crippen LogP) is 3.78. The zero-order valence-electron chi connectivity index (χ0n) is 13.3. The highest BCUT2D eigenvalue weighted by Crippen LogP contribution is 2.11. The van der Waals surface area contributed by atoms with Crippen molar-refractivity contribution in [3.63, 3.8) is 0 Å². The van der Waals surface area contributed by atoms with E-state index in [2.05, 4.69) is 68.4 Å². The lowest BCUT2D eigenvalue weighted by atomic mass is 10.1. The molecule has 0 aliphatic heterocycles. The maximum Gasteiger partial charge on any atom is 0.191 e. The van der Waals surface area contributed by atoms with Gasteiger partial charge in [0, 0.05) is 12.6 Å². The Labute approximate surface area is 140 Å². The van der Waals surface area contributed by atoms with Gasteiger partial charge in [-0.1, -0.05) is 30.7 Å².